The summed E-state index contributed by atoms with van der Waals surface area (Å²) >= 11 is 5.80. The van der Waals surface area contributed by atoms with Crippen LogP contribution in [0.15, 0.2) is 54.1 Å². The Kier molecular flexibility index (Phi) is 4.59. The van der Waals surface area contributed by atoms with Crippen molar-refractivity contribution in [2.24, 2.45) is 0 Å². The van der Waals surface area contributed by atoms with E-state index in [9.17, 15) is 9.90 Å². The fraction of sp³-hybridized carbons (Fsp3) is 0.118. The third-order valence-electron chi connectivity index (χ3n) is 3.03. The largest absolute Gasteiger partial charge is 0.507 e. The van der Waals surface area contributed by atoms with Crippen LogP contribution in [0.5, 0.6) is 5.75 Å². The van der Waals surface area contributed by atoms with Crippen LogP contribution in [0.1, 0.15) is 29.3 Å². The van der Waals surface area contributed by atoms with Crippen LogP contribution in [0.4, 0.5) is 0 Å². The van der Waals surface area contributed by atoms with Crippen LogP contribution < -0.4 is 0 Å². The third kappa shape index (κ3) is 3.28. The predicted molar refractivity (Wildman–Crippen MR) is 82.2 cm³/mol. The molecular weight excluding hydrogens is 272 g/mol. The molecule has 0 atom stereocenters. The summed E-state index contributed by atoms with van der Waals surface area (Å²) in [5, 5.41) is 10.3. The molecule has 1 N–H and O–H groups in total. The zero-order chi connectivity index (χ0) is 14.5. The second kappa shape index (κ2) is 6.40. The highest BCUT2D eigenvalue weighted by Crippen LogP contribution is 2.25. The van der Waals surface area contributed by atoms with Crippen molar-refractivity contribution in [2.45, 2.75) is 13.3 Å². The van der Waals surface area contributed by atoms with E-state index in [0.717, 1.165) is 0 Å². The number of phenolic OH excluding ortho intramolecular Hbond substituents is 1. The van der Waals surface area contributed by atoms with Crippen LogP contribution in [0.2, 0.25) is 5.02 Å². The van der Waals surface area contributed by atoms with Gasteiger partial charge in [-0.1, -0.05) is 48.9 Å². The predicted octanol–water partition coefficient (Wildman–Crippen LogP) is 4.72. The maximum Gasteiger partial charge on any atom is 0.189 e. The molecule has 2 aromatic carbocycles. The van der Waals surface area contributed by atoms with Crippen molar-refractivity contribution in [3.63, 3.8) is 0 Å². The summed E-state index contributed by atoms with van der Waals surface area (Å²) in [5.74, 6) is 0.0479. The number of halogens is 1. The molecule has 2 rings (SSSR count). The molecule has 3 heteroatoms. The number of aromatic hydroxyl groups is 1. The number of hydrogen-bond donors (Lipinski definition) is 1. The number of benzene rings is 2. The lowest BCUT2D eigenvalue weighted by Crippen LogP contribution is -2.02. The summed E-state index contributed by atoms with van der Waals surface area (Å²) in [6.07, 6.45) is 2.30. The molecule has 0 unspecified atom stereocenters. The molecule has 0 aliphatic rings. The molecular formula is C17H15ClO2. The van der Waals surface area contributed by atoms with E-state index >= 15 is 0 Å². The van der Waals surface area contributed by atoms with E-state index < -0.39 is 0 Å². The number of phenols is 1. The molecule has 2 aromatic rings. The van der Waals surface area contributed by atoms with Crippen molar-refractivity contribution in [1.29, 1.82) is 0 Å². The lowest BCUT2D eigenvalue weighted by atomic mass is 9.99. The molecule has 0 spiro atoms. The first-order valence-electron chi connectivity index (χ1n) is 6.40. The van der Waals surface area contributed by atoms with E-state index in [1.54, 1.807) is 30.3 Å². The topological polar surface area (TPSA) is 37.3 Å². The van der Waals surface area contributed by atoms with E-state index in [2.05, 4.69) is 0 Å². The minimum absolute atomic E-state index is 0.0255. The fourth-order valence-corrected chi connectivity index (χ4v) is 2.10. The van der Waals surface area contributed by atoms with Crippen molar-refractivity contribution in [2.75, 3.05) is 0 Å². The Morgan fingerprint density at radius 1 is 1.20 bits per heavy atom. The summed E-state index contributed by atoms with van der Waals surface area (Å²) in [6, 6.07) is 14.0. The molecule has 0 fully saturated rings. The summed E-state index contributed by atoms with van der Waals surface area (Å²) in [6.45, 7) is 1.92. The van der Waals surface area contributed by atoms with E-state index in [0.29, 0.717) is 28.1 Å². The second-order valence-electron chi connectivity index (χ2n) is 4.42. The molecule has 0 radical (unpaired) electrons. The smallest absolute Gasteiger partial charge is 0.189 e. The molecule has 2 nitrogen and oxygen atoms in total. The van der Waals surface area contributed by atoms with Gasteiger partial charge in [-0.25, -0.2) is 0 Å². The lowest BCUT2D eigenvalue weighted by molar-refractivity contribution is 0.103. The number of carbonyl (C=O) groups is 1. The molecule has 0 amide bonds. The monoisotopic (exact) mass is 286 g/mol. The quantitative estimate of drug-likeness (QED) is 0.652. The standard InChI is InChI=1S/C17H15ClO2/c1-2-12(17(20)13-6-4-3-5-7-13)10-14-8-9-15(18)11-16(14)19/h3-11,19H,2H2,1H3. The van der Waals surface area contributed by atoms with Crippen LogP contribution in [0, 0.1) is 0 Å². The van der Waals surface area contributed by atoms with Gasteiger partial charge in [0, 0.05) is 21.7 Å². The first-order chi connectivity index (χ1) is 9.61. The maximum atomic E-state index is 12.4. The Morgan fingerprint density at radius 2 is 1.90 bits per heavy atom. The van der Waals surface area contributed by atoms with Crippen molar-refractivity contribution >= 4 is 23.5 Å². The van der Waals surface area contributed by atoms with Crippen molar-refractivity contribution in [3.8, 4) is 5.75 Å². The van der Waals surface area contributed by atoms with Crippen LogP contribution in [-0.2, 0) is 0 Å². The third-order valence-corrected chi connectivity index (χ3v) is 3.27. The number of Topliss-reactive ketones (excluding diaryl/α,β-unsaturated/α-hetero) is 1. The number of ketones is 1. The minimum Gasteiger partial charge on any atom is -0.507 e. The highest BCUT2D eigenvalue weighted by atomic mass is 35.5. The van der Waals surface area contributed by atoms with Gasteiger partial charge in [0.15, 0.2) is 5.78 Å². The fourth-order valence-electron chi connectivity index (χ4n) is 1.93. The minimum atomic E-state index is -0.0255. The van der Waals surface area contributed by atoms with Crippen molar-refractivity contribution in [1.82, 2.24) is 0 Å². The van der Waals surface area contributed by atoms with Gasteiger partial charge in [0.25, 0.3) is 0 Å². The molecule has 0 saturated heterocycles. The molecule has 0 saturated carbocycles. The average molecular weight is 287 g/mol. The van der Waals surface area contributed by atoms with Gasteiger partial charge >= 0.3 is 0 Å². The van der Waals surface area contributed by atoms with Gasteiger partial charge in [-0.15, -0.1) is 0 Å². The van der Waals surface area contributed by atoms with E-state index in [-0.39, 0.29) is 11.5 Å². The Balaban J connectivity index is 2.37. The first kappa shape index (κ1) is 14.4. The SMILES string of the molecule is CCC(=Cc1ccc(Cl)cc1O)C(=O)c1ccccc1. The van der Waals surface area contributed by atoms with Gasteiger partial charge in [-0.05, 0) is 30.7 Å². The zero-order valence-electron chi connectivity index (χ0n) is 11.1. The number of allylic oxidation sites excluding steroid dienone is 1. The first-order valence-corrected chi connectivity index (χ1v) is 6.78. The van der Waals surface area contributed by atoms with Crippen LogP contribution in [-0.4, -0.2) is 10.9 Å². The Hall–Kier alpha value is -2.06. The highest BCUT2D eigenvalue weighted by Gasteiger charge is 2.11. The zero-order valence-corrected chi connectivity index (χ0v) is 11.9. The van der Waals surface area contributed by atoms with E-state index in [1.807, 2.05) is 25.1 Å². The van der Waals surface area contributed by atoms with Crippen LogP contribution in [0.3, 0.4) is 0 Å². The van der Waals surface area contributed by atoms with E-state index in [1.165, 1.54) is 6.07 Å². The summed E-state index contributed by atoms with van der Waals surface area (Å²) in [4.78, 5) is 12.4. The van der Waals surface area contributed by atoms with Gasteiger partial charge < -0.3 is 5.11 Å². The molecule has 0 heterocycles. The number of carbonyl (C=O) groups excluding carboxylic acids is 1. The molecule has 0 aromatic heterocycles. The van der Waals surface area contributed by atoms with Crippen LogP contribution >= 0.6 is 11.6 Å². The van der Waals surface area contributed by atoms with E-state index in [4.69, 9.17) is 11.6 Å². The number of rotatable bonds is 4. The normalized spacial score (nSPS) is 11.4. The molecule has 20 heavy (non-hydrogen) atoms. The van der Waals surface area contributed by atoms with Gasteiger partial charge in [-0.3, -0.25) is 4.79 Å². The Bertz CT molecular complexity index is 645. The van der Waals surface area contributed by atoms with Crippen molar-refractivity contribution in [3.05, 3.63) is 70.3 Å². The maximum absolute atomic E-state index is 12.4. The second-order valence-corrected chi connectivity index (χ2v) is 4.86. The lowest BCUT2D eigenvalue weighted by Gasteiger charge is -2.06. The summed E-state index contributed by atoms with van der Waals surface area (Å²) in [5.41, 5.74) is 1.89. The summed E-state index contributed by atoms with van der Waals surface area (Å²) < 4.78 is 0. The number of hydrogen-bond acceptors (Lipinski definition) is 2. The average Bonchev–Trinajstić information content (AvgIpc) is 2.47. The van der Waals surface area contributed by atoms with Gasteiger partial charge in [-0.2, -0.15) is 0 Å². The van der Waals surface area contributed by atoms with Gasteiger partial charge in [0.1, 0.15) is 5.75 Å². The van der Waals surface area contributed by atoms with Gasteiger partial charge in [0.2, 0.25) is 0 Å². The highest BCUT2D eigenvalue weighted by molar-refractivity contribution is 6.30. The Labute approximate surface area is 123 Å². The Morgan fingerprint density at radius 3 is 2.50 bits per heavy atom. The molecule has 0 aliphatic heterocycles. The molecule has 0 bridgehead atoms. The molecule has 102 valence electrons. The van der Waals surface area contributed by atoms with Crippen molar-refractivity contribution < 1.29 is 9.90 Å². The molecule has 0 aliphatic carbocycles. The van der Waals surface area contributed by atoms with Gasteiger partial charge in [0.05, 0.1) is 0 Å². The summed E-state index contributed by atoms with van der Waals surface area (Å²) in [7, 11) is 0. The van der Waals surface area contributed by atoms with Crippen LogP contribution in [0.25, 0.3) is 6.08 Å².